The summed E-state index contributed by atoms with van der Waals surface area (Å²) in [6.07, 6.45) is -3.55. The van der Waals surface area contributed by atoms with Gasteiger partial charge in [-0.15, -0.1) is 13.2 Å². The average Bonchev–Trinajstić information content (AvgIpc) is 3.54. The zero-order valence-electron chi connectivity index (χ0n) is 21.5. The van der Waals surface area contributed by atoms with Crippen molar-refractivity contribution in [3.63, 3.8) is 0 Å². The largest absolute Gasteiger partial charge is 0.573 e. The molecule has 2 aromatic carbocycles. The van der Waals surface area contributed by atoms with E-state index >= 15 is 0 Å². The maximum absolute atomic E-state index is 12.8. The summed E-state index contributed by atoms with van der Waals surface area (Å²) >= 11 is 13.3. The maximum atomic E-state index is 12.8. The van der Waals surface area contributed by atoms with Gasteiger partial charge in [-0.05, 0) is 56.2 Å². The number of carbonyl (C=O) groups excluding carboxylic acids is 1. The van der Waals surface area contributed by atoms with E-state index in [0.29, 0.717) is 35.5 Å². The molecule has 10 nitrogen and oxygen atoms in total. The Balaban J connectivity index is 1.29. The average molecular weight is 634 g/mol. The molecule has 5 rings (SSSR count). The number of carbonyl (C=O) groups is 1. The zero-order valence-corrected chi connectivity index (χ0v) is 23.9. The molecule has 1 aromatic heterocycles. The number of nitrogens with one attached hydrogen (secondary N) is 1. The third-order valence-electron chi connectivity index (χ3n) is 6.99. The van der Waals surface area contributed by atoms with Crippen LogP contribution in [0.2, 0.25) is 10.0 Å². The fraction of sp³-hybridized carbons (Fsp3) is 0.400. The van der Waals surface area contributed by atoms with E-state index in [1.54, 1.807) is 19.1 Å². The van der Waals surface area contributed by atoms with Gasteiger partial charge in [0.25, 0.3) is 5.89 Å². The molecule has 1 N–H and O–H groups in total. The van der Waals surface area contributed by atoms with Crippen molar-refractivity contribution in [1.82, 2.24) is 19.3 Å². The van der Waals surface area contributed by atoms with E-state index in [2.05, 4.69) is 20.2 Å². The van der Waals surface area contributed by atoms with E-state index in [1.807, 2.05) is 0 Å². The van der Waals surface area contributed by atoms with Gasteiger partial charge in [0, 0.05) is 53.0 Å². The predicted molar refractivity (Wildman–Crippen MR) is 145 cm³/mol. The number of rotatable bonds is 7. The minimum Gasteiger partial charge on any atom is -0.406 e. The van der Waals surface area contributed by atoms with Gasteiger partial charge in [0.1, 0.15) is 5.75 Å². The second kappa shape index (κ2) is 11.0. The number of urea groups is 1. The normalized spacial score (nSPS) is 17.4. The van der Waals surface area contributed by atoms with Gasteiger partial charge in [-0.2, -0.15) is 9.29 Å². The summed E-state index contributed by atoms with van der Waals surface area (Å²) in [6.45, 7) is 2.49. The lowest BCUT2D eigenvalue weighted by Crippen LogP contribution is -2.51. The first-order valence-corrected chi connectivity index (χ1v) is 14.9. The Kier molecular flexibility index (Phi) is 7.87. The van der Waals surface area contributed by atoms with Crippen LogP contribution in [0.5, 0.6) is 5.75 Å². The number of ether oxygens (including phenoxy) is 1. The Hall–Kier alpha value is -3.07. The van der Waals surface area contributed by atoms with Gasteiger partial charge in [0.2, 0.25) is 10.0 Å². The summed E-state index contributed by atoms with van der Waals surface area (Å²) < 4.78 is 72.1. The van der Waals surface area contributed by atoms with Crippen molar-refractivity contribution in [2.75, 3.05) is 37.2 Å². The molecule has 1 aliphatic heterocycles. The van der Waals surface area contributed by atoms with E-state index in [-0.39, 0.29) is 53.6 Å². The van der Waals surface area contributed by atoms with Crippen molar-refractivity contribution < 1.29 is 35.6 Å². The molecular weight excluding hydrogens is 610 g/mol. The minimum absolute atomic E-state index is 0.00307. The fourth-order valence-corrected chi connectivity index (χ4v) is 6.64. The molecule has 220 valence electrons. The molecule has 1 saturated carbocycles. The minimum atomic E-state index is -4.80. The standard InChI is InChI=1S/C25H24Cl2F3N5O5S/c1-2-41(37,38)35-11-9-34(10-12-35)23(36)31-16-13-18(26)20(19(27)14-16)24(7-8-24)22-32-21(40-33-22)15-3-5-17(6-4-15)39-25(28,29)30/h3-6,13-14H,2,7-12H2,1H3,(H,31,36). The van der Waals surface area contributed by atoms with Crippen molar-refractivity contribution in [1.29, 1.82) is 0 Å². The van der Waals surface area contributed by atoms with Crippen LogP contribution in [-0.2, 0) is 15.4 Å². The fourth-order valence-electron chi connectivity index (χ4n) is 4.70. The maximum Gasteiger partial charge on any atom is 0.573 e. The number of aromatic nitrogens is 2. The Morgan fingerprint density at radius 2 is 1.71 bits per heavy atom. The number of amides is 2. The van der Waals surface area contributed by atoms with Crippen LogP contribution in [0.1, 0.15) is 31.2 Å². The summed E-state index contributed by atoms with van der Waals surface area (Å²) in [5.74, 6) is 0.0526. The van der Waals surface area contributed by atoms with Gasteiger partial charge in [-0.25, -0.2) is 13.2 Å². The number of hydrogen-bond donors (Lipinski definition) is 1. The summed E-state index contributed by atoms with van der Waals surface area (Å²) in [5.41, 5.74) is 0.609. The first-order chi connectivity index (χ1) is 19.3. The van der Waals surface area contributed by atoms with Gasteiger partial charge in [0.15, 0.2) is 5.82 Å². The van der Waals surface area contributed by atoms with Crippen LogP contribution in [0.15, 0.2) is 40.9 Å². The molecule has 0 bridgehead atoms. The highest BCUT2D eigenvalue weighted by molar-refractivity contribution is 7.89. The molecule has 0 atom stereocenters. The topological polar surface area (TPSA) is 118 Å². The second-order valence-electron chi connectivity index (χ2n) is 9.61. The zero-order chi connectivity index (χ0) is 29.6. The molecule has 2 fully saturated rings. The number of piperazine rings is 1. The summed E-state index contributed by atoms with van der Waals surface area (Å²) in [5, 5.41) is 7.42. The molecule has 41 heavy (non-hydrogen) atoms. The molecule has 3 aromatic rings. The first kappa shape index (κ1) is 29.4. The number of sulfonamides is 1. The van der Waals surface area contributed by atoms with Gasteiger partial charge >= 0.3 is 12.4 Å². The summed E-state index contributed by atoms with van der Waals surface area (Å²) in [4.78, 5) is 18.8. The van der Waals surface area contributed by atoms with E-state index in [4.69, 9.17) is 27.7 Å². The van der Waals surface area contributed by atoms with Crippen LogP contribution in [-0.4, -0.2) is 72.1 Å². The molecular formula is C25H24Cl2F3N5O5S. The van der Waals surface area contributed by atoms with Gasteiger partial charge in [0.05, 0.1) is 11.2 Å². The number of nitrogens with zero attached hydrogens (tertiary/aromatic N) is 4. The molecule has 16 heteroatoms. The molecule has 2 aliphatic rings. The van der Waals surface area contributed by atoms with E-state index in [1.165, 1.54) is 21.3 Å². The number of benzene rings is 2. The van der Waals surface area contributed by atoms with Crippen LogP contribution < -0.4 is 10.1 Å². The molecule has 2 heterocycles. The lowest BCUT2D eigenvalue weighted by Gasteiger charge is -2.33. The van der Waals surface area contributed by atoms with Gasteiger partial charge in [-0.3, -0.25) is 0 Å². The molecule has 1 saturated heterocycles. The molecule has 2 amide bonds. The lowest BCUT2D eigenvalue weighted by atomic mass is 9.94. The monoisotopic (exact) mass is 633 g/mol. The second-order valence-corrected chi connectivity index (χ2v) is 12.7. The van der Waals surface area contributed by atoms with Gasteiger partial charge < -0.3 is 19.5 Å². The summed E-state index contributed by atoms with van der Waals surface area (Å²) in [6, 6.07) is 7.77. The predicted octanol–water partition coefficient (Wildman–Crippen LogP) is 5.52. The van der Waals surface area contributed by atoms with E-state index < -0.39 is 27.8 Å². The number of halogens is 5. The Labute approximate surface area is 243 Å². The summed E-state index contributed by atoms with van der Waals surface area (Å²) in [7, 11) is -3.32. The Morgan fingerprint density at radius 3 is 2.24 bits per heavy atom. The molecule has 0 unspecified atom stereocenters. The third-order valence-corrected chi connectivity index (χ3v) is 9.47. The van der Waals surface area contributed by atoms with Crippen LogP contribution in [0.4, 0.5) is 23.7 Å². The van der Waals surface area contributed by atoms with E-state index in [9.17, 15) is 26.4 Å². The van der Waals surface area contributed by atoms with Crippen molar-refractivity contribution >= 4 is 44.9 Å². The SMILES string of the molecule is CCS(=O)(=O)N1CCN(C(=O)Nc2cc(Cl)c(C3(c4noc(-c5ccc(OC(F)(F)F)cc5)n4)CC3)c(Cl)c2)CC1. The highest BCUT2D eigenvalue weighted by Gasteiger charge is 2.52. The number of hydrogen-bond acceptors (Lipinski definition) is 7. The highest BCUT2D eigenvalue weighted by Crippen LogP contribution is 2.57. The highest BCUT2D eigenvalue weighted by atomic mass is 35.5. The van der Waals surface area contributed by atoms with Crippen LogP contribution >= 0.6 is 23.2 Å². The van der Waals surface area contributed by atoms with Crippen molar-refractivity contribution in [2.24, 2.45) is 0 Å². The van der Waals surface area contributed by atoms with E-state index in [0.717, 1.165) is 12.1 Å². The lowest BCUT2D eigenvalue weighted by molar-refractivity contribution is -0.274. The molecule has 1 aliphatic carbocycles. The van der Waals surface area contributed by atoms with Crippen molar-refractivity contribution in [3.05, 3.63) is 57.8 Å². The van der Waals surface area contributed by atoms with Crippen molar-refractivity contribution in [3.8, 4) is 17.2 Å². The van der Waals surface area contributed by atoms with Crippen molar-refractivity contribution in [2.45, 2.75) is 31.5 Å². The molecule has 0 radical (unpaired) electrons. The quantitative estimate of drug-likeness (QED) is 0.364. The van der Waals surface area contributed by atoms with Gasteiger partial charge in [-0.1, -0.05) is 28.4 Å². The van der Waals surface area contributed by atoms with Crippen LogP contribution in [0.3, 0.4) is 0 Å². The first-order valence-electron chi connectivity index (χ1n) is 12.5. The third kappa shape index (κ3) is 6.25. The van der Waals surface area contributed by atoms with Crippen LogP contribution in [0, 0.1) is 0 Å². The number of anilines is 1. The Bertz CT molecular complexity index is 1530. The van der Waals surface area contributed by atoms with Crippen LogP contribution in [0.25, 0.3) is 11.5 Å². The number of alkyl halides is 3. The Morgan fingerprint density at radius 1 is 1.10 bits per heavy atom. The molecule has 0 spiro atoms. The smallest absolute Gasteiger partial charge is 0.406 e.